The van der Waals surface area contributed by atoms with Crippen molar-refractivity contribution < 1.29 is 13.2 Å². The average molecular weight is 428 g/mol. The third-order valence-electron chi connectivity index (χ3n) is 4.80. The zero-order valence-corrected chi connectivity index (χ0v) is 17.8. The summed E-state index contributed by atoms with van der Waals surface area (Å²) in [7, 11) is -3.82. The van der Waals surface area contributed by atoms with Crippen molar-refractivity contribution in [1.82, 2.24) is 24.4 Å². The Kier molecular flexibility index (Phi) is 6.96. The first kappa shape index (κ1) is 21.7. The highest BCUT2D eigenvalue weighted by Crippen LogP contribution is 2.20. The SMILES string of the molecule is CCN(CC)C(=O)c1ccc(S(=O)(=O)NC(Cn2cncn2)c2ccccc2)cc1. The molecule has 1 unspecified atom stereocenters. The number of nitrogens with zero attached hydrogens (tertiary/aromatic N) is 4. The van der Waals surface area contributed by atoms with Crippen LogP contribution in [0.25, 0.3) is 0 Å². The van der Waals surface area contributed by atoms with Gasteiger partial charge in [-0.15, -0.1) is 0 Å². The molecule has 1 aromatic heterocycles. The molecule has 0 saturated carbocycles. The number of nitrogens with one attached hydrogen (secondary N) is 1. The number of hydrogen-bond acceptors (Lipinski definition) is 5. The minimum absolute atomic E-state index is 0.0955. The summed E-state index contributed by atoms with van der Waals surface area (Å²) in [6.45, 7) is 5.30. The highest BCUT2D eigenvalue weighted by molar-refractivity contribution is 7.89. The van der Waals surface area contributed by atoms with Crippen LogP contribution in [0, 0.1) is 0 Å². The van der Waals surface area contributed by atoms with Gasteiger partial charge in [-0.2, -0.15) is 5.10 Å². The van der Waals surface area contributed by atoms with Crippen molar-refractivity contribution in [3.05, 3.63) is 78.4 Å². The van der Waals surface area contributed by atoms with Gasteiger partial charge in [0.1, 0.15) is 12.7 Å². The fraction of sp³-hybridized carbons (Fsp3) is 0.286. The van der Waals surface area contributed by atoms with E-state index in [2.05, 4.69) is 14.8 Å². The van der Waals surface area contributed by atoms with Crippen LogP contribution < -0.4 is 4.72 Å². The maximum Gasteiger partial charge on any atom is 0.253 e. The van der Waals surface area contributed by atoms with E-state index in [4.69, 9.17) is 0 Å². The van der Waals surface area contributed by atoms with Crippen LogP contribution in [-0.4, -0.2) is 47.1 Å². The van der Waals surface area contributed by atoms with Crippen LogP contribution >= 0.6 is 0 Å². The van der Waals surface area contributed by atoms with Gasteiger partial charge in [0, 0.05) is 18.7 Å². The zero-order valence-electron chi connectivity index (χ0n) is 17.0. The van der Waals surface area contributed by atoms with Crippen LogP contribution in [0.1, 0.15) is 35.8 Å². The van der Waals surface area contributed by atoms with E-state index in [9.17, 15) is 13.2 Å². The number of carbonyl (C=O) groups is 1. The van der Waals surface area contributed by atoms with Crippen molar-refractivity contribution in [2.75, 3.05) is 13.1 Å². The average Bonchev–Trinajstić information content (AvgIpc) is 3.28. The Bertz CT molecular complexity index is 1050. The lowest BCUT2D eigenvalue weighted by atomic mass is 10.1. The third kappa shape index (κ3) is 5.11. The molecule has 30 heavy (non-hydrogen) atoms. The van der Waals surface area contributed by atoms with Crippen molar-refractivity contribution in [1.29, 1.82) is 0 Å². The summed E-state index contributed by atoms with van der Waals surface area (Å²) in [5.74, 6) is -0.120. The second-order valence-corrected chi connectivity index (χ2v) is 8.42. The molecule has 158 valence electrons. The largest absolute Gasteiger partial charge is 0.339 e. The standard InChI is InChI=1S/C21H25N5O3S/c1-3-25(4-2)21(27)18-10-12-19(13-11-18)30(28,29)24-20(14-26-16-22-15-23-26)17-8-6-5-7-9-17/h5-13,15-16,20,24H,3-4,14H2,1-2H3. The lowest BCUT2D eigenvalue weighted by Gasteiger charge is -2.20. The van der Waals surface area contributed by atoms with Gasteiger partial charge >= 0.3 is 0 Å². The van der Waals surface area contributed by atoms with E-state index < -0.39 is 16.1 Å². The van der Waals surface area contributed by atoms with Crippen molar-refractivity contribution >= 4 is 15.9 Å². The molecule has 0 aliphatic heterocycles. The van der Waals surface area contributed by atoms with Gasteiger partial charge in [-0.1, -0.05) is 30.3 Å². The summed E-state index contributed by atoms with van der Waals surface area (Å²) in [4.78, 5) is 18.2. The molecule has 1 heterocycles. The van der Waals surface area contributed by atoms with Crippen LogP contribution in [0.3, 0.4) is 0 Å². The van der Waals surface area contributed by atoms with Crippen LogP contribution in [-0.2, 0) is 16.6 Å². The maximum absolute atomic E-state index is 13.0. The fourth-order valence-electron chi connectivity index (χ4n) is 3.14. The Morgan fingerprint density at radius 1 is 1.07 bits per heavy atom. The first-order valence-corrected chi connectivity index (χ1v) is 11.2. The number of aromatic nitrogens is 3. The first-order valence-electron chi connectivity index (χ1n) is 9.73. The molecule has 1 amide bonds. The Hall–Kier alpha value is -3.04. The van der Waals surface area contributed by atoms with Gasteiger partial charge < -0.3 is 4.90 Å². The van der Waals surface area contributed by atoms with Crippen LogP contribution in [0.4, 0.5) is 0 Å². The molecule has 0 saturated heterocycles. The number of sulfonamides is 1. The molecule has 0 radical (unpaired) electrons. The second kappa shape index (κ2) is 9.64. The summed E-state index contributed by atoms with van der Waals surface area (Å²) in [5, 5.41) is 4.08. The number of amides is 1. The molecule has 0 bridgehead atoms. The molecule has 0 fully saturated rings. The molecular formula is C21H25N5O3S. The van der Waals surface area contributed by atoms with Gasteiger partial charge in [-0.25, -0.2) is 18.1 Å². The molecular weight excluding hydrogens is 402 g/mol. The number of carbonyl (C=O) groups excluding carboxylic acids is 1. The Labute approximate surface area is 176 Å². The molecule has 0 aliphatic carbocycles. The van der Waals surface area contributed by atoms with E-state index >= 15 is 0 Å². The quantitative estimate of drug-likeness (QED) is 0.566. The smallest absolute Gasteiger partial charge is 0.253 e. The van der Waals surface area contributed by atoms with Crippen molar-refractivity contribution in [3.63, 3.8) is 0 Å². The third-order valence-corrected chi connectivity index (χ3v) is 6.29. The van der Waals surface area contributed by atoms with E-state index in [0.717, 1.165) is 5.56 Å². The molecule has 3 rings (SSSR count). The molecule has 1 atom stereocenters. The Morgan fingerprint density at radius 3 is 2.30 bits per heavy atom. The lowest BCUT2D eigenvalue weighted by molar-refractivity contribution is 0.0773. The highest BCUT2D eigenvalue weighted by Gasteiger charge is 2.23. The van der Waals surface area contributed by atoms with Gasteiger partial charge in [0.15, 0.2) is 0 Å². The van der Waals surface area contributed by atoms with Crippen LogP contribution in [0.5, 0.6) is 0 Å². The van der Waals surface area contributed by atoms with Crippen molar-refractivity contribution in [2.24, 2.45) is 0 Å². The molecule has 1 N–H and O–H groups in total. The lowest BCUT2D eigenvalue weighted by Crippen LogP contribution is -2.32. The fourth-order valence-corrected chi connectivity index (χ4v) is 4.35. The van der Waals surface area contributed by atoms with E-state index in [1.165, 1.54) is 24.8 Å². The van der Waals surface area contributed by atoms with E-state index in [0.29, 0.717) is 25.2 Å². The highest BCUT2D eigenvalue weighted by atomic mass is 32.2. The summed E-state index contributed by atoms with van der Waals surface area (Å²) in [6, 6.07) is 14.8. The predicted octanol–water partition coefficient (Wildman–Crippen LogP) is 2.48. The van der Waals surface area contributed by atoms with Gasteiger partial charge in [0.2, 0.25) is 10.0 Å². The normalized spacial score (nSPS) is 12.5. The number of rotatable bonds is 9. The summed E-state index contributed by atoms with van der Waals surface area (Å²) < 4.78 is 30.4. The number of hydrogen-bond donors (Lipinski definition) is 1. The molecule has 0 spiro atoms. The van der Waals surface area contributed by atoms with Gasteiger partial charge in [0.25, 0.3) is 5.91 Å². The van der Waals surface area contributed by atoms with Gasteiger partial charge in [-0.3, -0.25) is 9.48 Å². The molecule has 2 aromatic carbocycles. The molecule has 3 aromatic rings. The zero-order chi connectivity index (χ0) is 21.6. The second-order valence-electron chi connectivity index (χ2n) is 6.70. The first-order chi connectivity index (χ1) is 14.4. The summed E-state index contributed by atoms with van der Waals surface area (Å²) in [6.07, 6.45) is 2.94. The molecule has 0 aliphatic rings. The minimum Gasteiger partial charge on any atom is -0.339 e. The van der Waals surface area contributed by atoms with E-state index in [1.807, 2.05) is 44.2 Å². The number of benzene rings is 2. The Balaban J connectivity index is 1.83. The minimum atomic E-state index is -3.82. The topological polar surface area (TPSA) is 97.2 Å². The predicted molar refractivity (Wildman–Crippen MR) is 113 cm³/mol. The van der Waals surface area contributed by atoms with Crippen LogP contribution in [0.2, 0.25) is 0 Å². The summed E-state index contributed by atoms with van der Waals surface area (Å²) in [5.41, 5.74) is 1.27. The van der Waals surface area contributed by atoms with Gasteiger partial charge in [-0.05, 0) is 43.7 Å². The monoisotopic (exact) mass is 427 g/mol. The van der Waals surface area contributed by atoms with Crippen molar-refractivity contribution in [2.45, 2.75) is 31.3 Å². The van der Waals surface area contributed by atoms with Crippen LogP contribution in [0.15, 0.2) is 72.1 Å². The summed E-state index contributed by atoms with van der Waals surface area (Å²) >= 11 is 0. The van der Waals surface area contributed by atoms with E-state index in [1.54, 1.807) is 21.7 Å². The molecule has 9 heteroatoms. The molecule has 8 nitrogen and oxygen atoms in total. The van der Waals surface area contributed by atoms with E-state index in [-0.39, 0.29) is 10.8 Å². The maximum atomic E-state index is 13.0. The Morgan fingerprint density at radius 2 is 1.73 bits per heavy atom. The van der Waals surface area contributed by atoms with Gasteiger partial charge in [0.05, 0.1) is 17.5 Å². The van der Waals surface area contributed by atoms with Crippen molar-refractivity contribution in [3.8, 4) is 0 Å².